The first kappa shape index (κ1) is 14.3. The number of fused-ring (bicyclic) bond motifs is 1. The molecule has 0 spiro atoms. The van der Waals surface area contributed by atoms with Crippen LogP contribution in [-0.2, 0) is 23.8 Å². The lowest BCUT2D eigenvalue weighted by atomic mass is 10.0. The van der Waals surface area contributed by atoms with Gasteiger partial charge in [0.05, 0.1) is 11.2 Å². The van der Waals surface area contributed by atoms with E-state index in [-0.39, 0.29) is 11.4 Å². The van der Waals surface area contributed by atoms with Crippen molar-refractivity contribution >= 4 is 23.2 Å². The SMILES string of the molecule is Cn1ccc(C2(NC(=O)C3=CCc4cc(Cl)ccc4N3)CC2)n1. The van der Waals surface area contributed by atoms with E-state index in [1.807, 2.05) is 43.6 Å². The minimum Gasteiger partial charge on any atom is -0.351 e. The summed E-state index contributed by atoms with van der Waals surface area (Å²) in [7, 11) is 1.88. The molecule has 1 aliphatic heterocycles. The maximum atomic E-state index is 12.6. The second kappa shape index (κ2) is 5.13. The van der Waals surface area contributed by atoms with E-state index in [0.717, 1.165) is 29.8 Å². The number of hydrogen-bond acceptors (Lipinski definition) is 3. The summed E-state index contributed by atoms with van der Waals surface area (Å²) in [6.45, 7) is 0. The van der Waals surface area contributed by atoms with Crippen molar-refractivity contribution in [1.29, 1.82) is 0 Å². The summed E-state index contributed by atoms with van der Waals surface area (Å²) in [5, 5.41) is 11.5. The van der Waals surface area contributed by atoms with E-state index in [1.54, 1.807) is 4.68 Å². The molecule has 0 radical (unpaired) electrons. The van der Waals surface area contributed by atoms with Gasteiger partial charge in [0.25, 0.3) is 5.91 Å². The van der Waals surface area contributed by atoms with Crippen LogP contribution in [0.1, 0.15) is 24.1 Å². The van der Waals surface area contributed by atoms with Crippen molar-refractivity contribution in [3.8, 4) is 0 Å². The number of carbonyl (C=O) groups is 1. The number of carbonyl (C=O) groups excluding carboxylic acids is 1. The number of rotatable bonds is 3. The standard InChI is InChI=1S/C17H17ClN4O/c1-22-9-6-15(21-22)17(7-8-17)20-16(23)14-4-2-11-10-12(18)3-5-13(11)19-14/h3-6,9-10,19H,2,7-8H2,1H3,(H,20,23). The molecule has 0 atom stereocenters. The van der Waals surface area contributed by atoms with Crippen molar-refractivity contribution in [2.45, 2.75) is 24.8 Å². The molecule has 1 aliphatic carbocycles. The first-order chi connectivity index (χ1) is 11.1. The fraction of sp³-hybridized carbons (Fsp3) is 0.294. The third kappa shape index (κ3) is 2.61. The summed E-state index contributed by atoms with van der Waals surface area (Å²) in [5.74, 6) is -0.0891. The highest BCUT2D eigenvalue weighted by molar-refractivity contribution is 6.30. The number of aryl methyl sites for hydroxylation is 1. The van der Waals surface area contributed by atoms with Gasteiger partial charge in [-0.2, -0.15) is 5.10 Å². The van der Waals surface area contributed by atoms with Crippen LogP contribution in [0.4, 0.5) is 5.69 Å². The Labute approximate surface area is 139 Å². The fourth-order valence-corrected chi connectivity index (χ4v) is 3.13. The number of amides is 1. The molecule has 1 amide bonds. The van der Waals surface area contributed by atoms with Crippen LogP contribution in [0.25, 0.3) is 0 Å². The molecule has 2 aliphatic rings. The summed E-state index contributed by atoms with van der Waals surface area (Å²) in [6, 6.07) is 7.62. The van der Waals surface area contributed by atoms with Gasteiger partial charge in [0, 0.05) is 24.0 Å². The Kier molecular flexibility index (Phi) is 3.20. The highest BCUT2D eigenvalue weighted by Crippen LogP contribution is 2.44. The fourth-order valence-electron chi connectivity index (χ4n) is 2.94. The summed E-state index contributed by atoms with van der Waals surface area (Å²) in [5.41, 5.74) is 3.24. The maximum absolute atomic E-state index is 12.6. The summed E-state index contributed by atoms with van der Waals surface area (Å²) in [4.78, 5) is 12.6. The van der Waals surface area contributed by atoms with Crippen LogP contribution in [0, 0.1) is 0 Å². The summed E-state index contributed by atoms with van der Waals surface area (Å²) < 4.78 is 1.76. The van der Waals surface area contributed by atoms with E-state index >= 15 is 0 Å². The van der Waals surface area contributed by atoms with Crippen molar-refractivity contribution in [2.75, 3.05) is 5.32 Å². The molecular formula is C17H17ClN4O. The van der Waals surface area contributed by atoms with Crippen molar-refractivity contribution in [1.82, 2.24) is 15.1 Å². The quantitative estimate of drug-likeness (QED) is 0.910. The van der Waals surface area contributed by atoms with Gasteiger partial charge < -0.3 is 10.6 Å². The minimum absolute atomic E-state index is 0.0891. The van der Waals surface area contributed by atoms with Crippen LogP contribution >= 0.6 is 11.6 Å². The smallest absolute Gasteiger partial charge is 0.268 e. The van der Waals surface area contributed by atoms with Crippen molar-refractivity contribution < 1.29 is 4.79 Å². The zero-order chi connectivity index (χ0) is 16.0. The molecule has 5 nitrogen and oxygen atoms in total. The lowest BCUT2D eigenvalue weighted by molar-refractivity contribution is -0.118. The van der Waals surface area contributed by atoms with Gasteiger partial charge in [-0.25, -0.2) is 0 Å². The molecule has 1 fully saturated rings. The zero-order valence-electron chi connectivity index (χ0n) is 12.8. The van der Waals surface area contributed by atoms with Gasteiger partial charge in [-0.3, -0.25) is 9.48 Å². The Morgan fingerprint density at radius 1 is 1.39 bits per heavy atom. The van der Waals surface area contributed by atoms with Crippen LogP contribution in [0.3, 0.4) is 0 Å². The Morgan fingerprint density at radius 3 is 2.91 bits per heavy atom. The van der Waals surface area contributed by atoms with Crippen molar-refractivity contribution in [3.63, 3.8) is 0 Å². The molecule has 118 valence electrons. The number of nitrogens with zero attached hydrogens (tertiary/aromatic N) is 2. The molecule has 1 saturated carbocycles. The number of hydrogen-bond donors (Lipinski definition) is 2. The van der Waals surface area contributed by atoms with Gasteiger partial charge >= 0.3 is 0 Å². The van der Waals surface area contributed by atoms with Crippen molar-refractivity contribution in [3.05, 3.63) is 58.5 Å². The second-order valence-corrected chi connectivity index (χ2v) is 6.60. The molecule has 0 unspecified atom stereocenters. The Hall–Kier alpha value is -2.27. The highest BCUT2D eigenvalue weighted by atomic mass is 35.5. The molecule has 0 bridgehead atoms. The molecule has 0 saturated heterocycles. The minimum atomic E-state index is -0.304. The van der Waals surface area contributed by atoms with Gasteiger partial charge in [0.1, 0.15) is 5.70 Å². The van der Waals surface area contributed by atoms with E-state index in [1.165, 1.54) is 0 Å². The molecular weight excluding hydrogens is 312 g/mol. The molecule has 2 heterocycles. The van der Waals surface area contributed by atoms with Gasteiger partial charge in [-0.15, -0.1) is 0 Å². The maximum Gasteiger partial charge on any atom is 0.268 e. The van der Waals surface area contributed by atoms with Crippen LogP contribution < -0.4 is 10.6 Å². The van der Waals surface area contributed by atoms with E-state index < -0.39 is 0 Å². The largest absolute Gasteiger partial charge is 0.351 e. The molecule has 1 aromatic carbocycles. The number of allylic oxidation sites excluding steroid dienone is 1. The van der Waals surface area contributed by atoms with Gasteiger partial charge in [-0.1, -0.05) is 17.7 Å². The molecule has 23 heavy (non-hydrogen) atoms. The summed E-state index contributed by atoms with van der Waals surface area (Å²) >= 11 is 6.00. The normalized spacial score (nSPS) is 17.7. The Morgan fingerprint density at radius 2 is 2.22 bits per heavy atom. The van der Waals surface area contributed by atoms with Gasteiger partial charge in [-0.05, 0) is 49.1 Å². The third-order valence-corrected chi connectivity index (χ3v) is 4.65. The van der Waals surface area contributed by atoms with Crippen molar-refractivity contribution in [2.24, 2.45) is 7.05 Å². The van der Waals surface area contributed by atoms with Gasteiger partial charge in [0.2, 0.25) is 0 Å². The summed E-state index contributed by atoms with van der Waals surface area (Å²) in [6.07, 6.45) is 6.36. The Balaban J connectivity index is 1.51. The number of anilines is 1. The molecule has 1 aromatic heterocycles. The molecule has 2 aromatic rings. The highest BCUT2D eigenvalue weighted by Gasteiger charge is 2.48. The van der Waals surface area contributed by atoms with Crippen LogP contribution in [0.2, 0.25) is 5.02 Å². The van der Waals surface area contributed by atoms with E-state index in [2.05, 4.69) is 15.7 Å². The van der Waals surface area contributed by atoms with Gasteiger partial charge in [0.15, 0.2) is 0 Å². The average Bonchev–Trinajstić information content (AvgIpc) is 3.18. The number of halogens is 1. The lowest BCUT2D eigenvalue weighted by Gasteiger charge is -2.21. The van der Waals surface area contributed by atoms with Crippen LogP contribution in [0.5, 0.6) is 0 Å². The van der Waals surface area contributed by atoms with E-state index in [0.29, 0.717) is 17.1 Å². The predicted octanol–water partition coefficient (Wildman–Crippen LogP) is 2.73. The number of nitrogens with one attached hydrogen (secondary N) is 2. The topological polar surface area (TPSA) is 59.0 Å². The lowest BCUT2D eigenvalue weighted by Crippen LogP contribution is -2.38. The monoisotopic (exact) mass is 328 g/mol. The van der Waals surface area contributed by atoms with E-state index in [9.17, 15) is 4.79 Å². The molecule has 6 heteroatoms. The van der Waals surface area contributed by atoms with Crippen LogP contribution in [0.15, 0.2) is 42.2 Å². The van der Waals surface area contributed by atoms with E-state index in [4.69, 9.17) is 11.6 Å². The Bertz CT molecular complexity index is 820. The number of aromatic nitrogens is 2. The zero-order valence-corrected chi connectivity index (χ0v) is 13.5. The third-order valence-electron chi connectivity index (χ3n) is 4.41. The average molecular weight is 329 g/mol. The first-order valence-electron chi connectivity index (χ1n) is 7.64. The van der Waals surface area contributed by atoms with Crippen LogP contribution in [-0.4, -0.2) is 15.7 Å². The number of benzene rings is 1. The first-order valence-corrected chi connectivity index (χ1v) is 8.02. The molecule has 2 N–H and O–H groups in total. The second-order valence-electron chi connectivity index (χ2n) is 6.16. The molecule has 4 rings (SSSR count). The predicted molar refractivity (Wildman–Crippen MR) is 89.1 cm³/mol.